The van der Waals surface area contributed by atoms with Crippen LogP contribution in [0.4, 0.5) is 0 Å². The maximum Gasteiger partial charge on any atom is 0.274 e. The number of halogens is 1. The quantitative estimate of drug-likeness (QED) is 0.784. The lowest BCUT2D eigenvalue weighted by atomic mass is 9.85. The molecular formula is C13H16ClN3O. The van der Waals surface area contributed by atoms with Crippen LogP contribution in [-0.4, -0.2) is 33.4 Å². The van der Waals surface area contributed by atoms with Crippen molar-refractivity contribution in [3.8, 4) is 0 Å². The molecule has 0 aromatic carbocycles. The van der Waals surface area contributed by atoms with Crippen LogP contribution in [0.1, 0.15) is 42.6 Å². The molecule has 0 N–H and O–H groups in total. The number of amides is 1. The van der Waals surface area contributed by atoms with Crippen LogP contribution in [0.3, 0.4) is 0 Å². The molecule has 0 radical (unpaired) electrons. The number of likely N-dealkylation sites (tertiary alicyclic amines) is 1. The SMILES string of the molecule is O=C(c1cncc(Cl)n1)N1CCC2CCCCC21. The van der Waals surface area contributed by atoms with Gasteiger partial charge in [-0.05, 0) is 25.2 Å². The van der Waals surface area contributed by atoms with E-state index in [9.17, 15) is 4.79 Å². The summed E-state index contributed by atoms with van der Waals surface area (Å²) in [5, 5.41) is 0.278. The van der Waals surface area contributed by atoms with E-state index in [4.69, 9.17) is 11.6 Å². The van der Waals surface area contributed by atoms with Gasteiger partial charge in [0.05, 0.1) is 12.4 Å². The van der Waals surface area contributed by atoms with Gasteiger partial charge in [-0.1, -0.05) is 24.4 Å². The van der Waals surface area contributed by atoms with Crippen molar-refractivity contribution in [3.63, 3.8) is 0 Å². The molecule has 1 aromatic rings. The van der Waals surface area contributed by atoms with Crippen molar-refractivity contribution in [3.05, 3.63) is 23.2 Å². The Morgan fingerprint density at radius 1 is 1.28 bits per heavy atom. The molecule has 0 bridgehead atoms. The van der Waals surface area contributed by atoms with Gasteiger partial charge in [-0.25, -0.2) is 4.98 Å². The maximum absolute atomic E-state index is 12.4. The third-order valence-corrected chi connectivity index (χ3v) is 4.28. The van der Waals surface area contributed by atoms with E-state index in [0.29, 0.717) is 17.7 Å². The zero-order valence-electron chi connectivity index (χ0n) is 10.2. The highest BCUT2D eigenvalue weighted by Gasteiger charge is 2.38. The van der Waals surface area contributed by atoms with Gasteiger partial charge in [0.2, 0.25) is 0 Å². The average molecular weight is 266 g/mol. The highest BCUT2D eigenvalue weighted by atomic mass is 35.5. The summed E-state index contributed by atoms with van der Waals surface area (Å²) in [7, 11) is 0. The lowest BCUT2D eigenvalue weighted by molar-refractivity contribution is 0.0683. The number of nitrogens with zero attached hydrogens (tertiary/aromatic N) is 3. The third kappa shape index (κ3) is 2.09. The van der Waals surface area contributed by atoms with E-state index < -0.39 is 0 Å². The van der Waals surface area contributed by atoms with Crippen LogP contribution in [0.15, 0.2) is 12.4 Å². The van der Waals surface area contributed by atoms with Crippen molar-refractivity contribution in [1.82, 2.24) is 14.9 Å². The lowest BCUT2D eigenvalue weighted by Crippen LogP contribution is -2.39. The molecule has 4 nitrogen and oxygen atoms in total. The summed E-state index contributed by atoms with van der Waals surface area (Å²) in [4.78, 5) is 22.4. The largest absolute Gasteiger partial charge is 0.334 e. The van der Waals surface area contributed by atoms with E-state index in [1.807, 2.05) is 4.90 Å². The molecule has 1 aliphatic carbocycles. The fourth-order valence-corrected chi connectivity index (χ4v) is 3.40. The van der Waals surface area contributed by atoms with Gasteiger partial charge < -0.3 is 4.90 Å². The molecule has 3 rings (SSSR count). The van der Waals surface area contributed by atoms with Gasteiger partial charge >= 0.3 is 0 Å². The van der Waals surface area contributed by atoms with Crippen molar-refractivity contribution in [2.24, 2.45) is 5.92 Å². The van der Waals surface area contributed by atoms with E-state index in [2.05, 4.69) is 9.97 Å². The number of carbonyl (C=O) groups excluding carboxylic acids is 1. The summed E-state index contributed by atoms with van der Waals surface area (Å²) < 4.78 is 0. The standard InChI is InChI=1S/C13H16ClN3O/c14-12-8-15-7-10(16-12)13(18)17-6-5-9-3-1-2-4-11(9)17/h7-9,11H,1-6H2. The molecule has 1 aromatic heterocycles. The monoisotopic (exact) mass is 265 g/mol. The highest BCUT2D eigenvalue weighted by Crippen LogP contribution is 2.36. The van der Waals surface area contributed by atoms with Gasteiger partial charge in [0.15, 0.2) is 0 Å². The first-order valence-electron chi connectivity index (χ1n) is 6.54. The van der Waals surface area contributed by atoms with E-state index >= 15 is 0 Å². The summed E-state index contributed by atoms with van der Waals surface area (Å²) in [5.74, 6) is 0.675. The molecule has 2 heterocycles. The maximum atomic E-state index is 12.4. The van der Waals surface area contributed by atoms with Crippen molar-refractivity contribution in [1.29, 1.82) is 0 Å². The summed E-state index contributed by atoms with van der Waals surface area (Å²) in [6.45, 7) is 0.850. The minimum Gasteiger partial charge on any atom is -0.334 e. The second kappa shape index (κ2) is 4.84. The Hall–Kier alpha value is -1.16. The molecule has 2 atom stereocenters. The lowest BCUT2D eigenvalue weighted by Gasteiger charge is -2.31. The van der Waals surface area contributed by atoms with Gasteiger partial charge in [0, 0.05) is 12.6 Å². The zero-order chi connectivity index (χ0) is 12.5. The molecule has 1 aliphatic heterocycles. The number of hydrogen-bond donors (Lipinski definition) is 0. The fraction of sp³-hybridized carbons (Fsp3) is 0.615. The summed E-state index contributed by atoms with van der Waals surface area (Å²) in [5.41, 5.74) is 0.369. The Labute approximate surface area is 111 Å². The van der Waals surface area contributed by atoms with Crippen LogP contribution in [0.5, 0.6) is 0 Å². The topological polar surface area (TPSA) is 46.1 Å². The zero-order valence-corrected chi connectivity index (χ0v) is 10.9. The van der Waals surface area contributed by atoms with Crippen molar-refractivity contribution in [2.45, 2.75) is 38.1 Å². The van der Waals surface area contributed by atoms with Crippen LogP contribution in [-0.2, 0) is 0 Å². The molecule has 1 saturated carbocycles. The molecule has 18 heavy (non-hydrogen) atoms. The molecule has 5 heteroatoms. The summed E-state index contributed by atoms with van der Waals surface area (Å²) >= 11 is 5.79. The minimum atomic E-state index is -0.0144. The predicted molar refractivity (Wildman–Crippen MR) is 68.4 cm³/mol. The molecule has 1 saturated heterocycles. The number of aromatic nitrogens is 2. The number of hydrogen-bond acceptors (Lipinski definition) is 3. The smallest absolute Gasteiger partial charge is 0.274 e. The van der Waals surface area contributed by atoms with Gasteiger partial charge in [-0.3, -0.25) is 9.78 Å². The Morgan fingerprint density at radius 3 is 2.94 bits per heavy atom. The Balaban J connectivity index is 1.80. The number of carbonyl (C=O) groups is 1. The van der Waals surface area contributed by atoms with Crippen LogP contribution in [0, 0.1) is 5.92 Å². The van der Waals surface area contributed by atoms with E-state index in [1.54, 1.807) is 0 Å². The molecular weight excluding hydrogens is 250 g/mol. The predicted octanol–water partition coefficient (Wildman–Crippen LogP) is 2.53. The molecule has 0 spiro atoms. The van der Waals surface area contributed by atoms with E-state index in [1.165, 1.54) is 31.7 Å². The first kappa shape index (κ1) is 11.9. The second-order valence-electron chi connectivity index (χ2n) is 5.13. The van der Waals surface area contributed by atoms with Gasteiger partial charge in [-0.15, -0.1) is 0 Å². The van der Waals surface area contributed by atoms with Gasteiger partial charge in [0.1, 0.15) is 10.8 Å². The van der Waals surface area contributed by atoms with Gasteiger partial charge in [-0.2, -0.15) is 0 Å². The molecule has 96 valence electrons. The van der Waals surface area contributed by atoms with Crippen LogP contribution in [0.2, 0.25) is 5.15 Å². The highest BCUT2D eigenvalue weighted by molar-refractivity contribution is 6.29. The van der Waals surface area contributed by atoms with Crippen LogP contribution >= 0.6 is 11.6 Å². The van der Waals surface area contributed by atoms with Crippen molar-refractivity contribution < 1.29 is 4.79 Å². The van der Waals surface area contributed by atoms with E-state index in [0.717, 1.165) is 19.4 Å². The first-order chi connectivity index (χ1) is 8.75. The van der Waals surface area contributed by atoms with Crippen molar-refractivity contribution >= 4 is 17.5 Å². The summed E-state index contributed by atoms with van der Waals surface area (Å²) in [6, 6.07) is 0.409. The second-order valence-corrected chi connectivity index (χ2v) is 5.51. The fourth-order valence-electron chi connectivity index (χ4n) is 3.25. The van der Waals surface area contributed by atoms with E-state index in [-0.39, 0.29) is 11.1 Å². The molecule has 2 fully saturated rings. The molecule has 2 aliphatic rings. The normalized spacial score (nSPS) is 27.1. The average Bonchev–Trinajstić information content (AvgIpc) is 2.82. The van der Waals surface area contributed by atoms with Gasteiger partial charge in [0.25, 0.3) is 5.91 Å². The minimum absolute atomic E-state index is 0.0144. The molecule has 1 amide bonds. The number of fused-ring (bicyclic) bond motifs is 1. The Morgan fingerprint density at radius 2 is 2.11 bits per heavy atom. The third-order valence-electron chi connectivity index (χ3n) is 4.10. The van der Waals surface area contributed by atoms with Crippen LogP contribution < -0.4 is 0 Å². The van der Waals surface area contributed by atoms with Crippen molar-refractivity contribution in [2.75, 3.05) is 6.54 Å². The van der Waals surface area contributed by atoms with Crippen LogP contribution in [0.25, 0.3) is 0 Å². The number of rotatable bonds is 1. The molecule has 2 unspecified atom stereocenters. The Bertz CT molecular complexity index is 465. The first-order valence-corrected chi connectivity index (χ1v) is 6.92. The summed E-state index contributed by atoms with van der Waals surface area (Å²) in [6.07, 6.45) is 9.01. The Kier molecular flexibility index (Phi) is 3.20.